The van der Waals surface area contributed by atoms with Gasteiger partial charge in [-0.2, -0.15) is 0 Å². The van der Waals surface area contributed by atoms with E-state index in [1.807, 2.05) is 0 Å². The molecule has 0 aliphatic heterocycles. The molecule has 4 amide bonds. The summed E-state index contributed by atoms with van der Waals surface area (Å²) in [7, 11) is 5.03. The van der Waals surface area contributed by atoms with Gasteiger partial charge in [-0.25, -0.2) is 10.6 Å². The van der Waals surface area contributed by atoms with E-state index < -0.39 is 23.5 Å². The molecule has 0 radical (unpaired) electrons. The van der Waals surface area contributed by atoms with Crippen LogP contribution in [0, 0.1) is 0 Å². The summed E-state index contributed by atoms with van der Waals surface area (Å²) in [5, 5.41) is 10.9. The smallest absolute Gasteiger partial charge is 0.412 e. The van der Waals surface area contributed by atoms with Gasteiger partial charge < -0.3 is 39.8 Å². The van der Waals surface area contributed by atoms with Gasteiger partial charge in [0.1, 0.15) is 22.7 Å². The molecule has 0 saturated carbocycles. The molecule has 15 nitrogen and oxygen atoms in total. The number of rotatable bonds is 10. The molecule has 0 aromatic carbocycles. The second-order valence-corrected chi connectivity index (χ2v) is 10.2. The minimum atomic E-state index is -0.660. The van der Waals surface area contributed by atoms with E-state index >= 15 is 0 Å². The Labute approximate surface area is 237 Å². The molecule has 0 saturated heterocycles. The number of carbonyl (C=O) groups excluding carboxylic acids is 4. The summed E-state index contributed by atoms with van der Waals surface area (Å²) < 4.78 is 9.97. The summed E-state index contributed by atoms with van der Waals surface area (Å²) >= 11 is 0. The summed E-state index contributed by atoms with van der Waals surface area (Å²) in [4.78, 5) is 54.4. The van der Waals surface area contributed by atoms with Crippen LogP contribution in [0.1, 0.15) is 52.2 Å². The molecule has 0 atom stereocenters. The number of nitrogens with zero attached hydrogens (tertiary/aromatic N) is 4. The van der Waals surface area contributed by atoms with Crippen LogP contribution in [0.4, 0.5) is 21.9 Å². The van der Waals surface area contributed by atoms with Crippen molar-refractivity contribution in [1.82, 2.24) is 24.4 Å². The molecule has 41 heavy (non-hydrogen) atoms. The third kappa shape index (κ3) is 8.47. The number of hydrazine groups is 1. The fourth-order valence-electron chi connectivity index (χ4n) is 3.83. The molecule has 0 aliphatic rings. The molecule has 3 aromatic rings. The topological polar surface area (TPSA) is 191 Å². The first-order valence-corrected chi connectivity index (χ1v) is 12.6. The van der Waals surface area contributed by atoms with Crippen molar-refractivity contribution in [3.8, 4) is 0 Å². The third-order valence-electron chi connectivity index (χ3n) is 5.57. The fourth-order valence-corrected chi connectivity index (χ4v) is 3.83. The fraction of sp³-hybridized carbons (Fsp3) is 0.346. The Morgan fingerprint density at radius 1 is 0.805 bits per heavy atom. The largest absolute Gasteiger partial charge is 0.444 e. The molecular weight excluding hydrogens is 532 g/mol. The second-order valence-electron chi connectivity index (χ2n) is 10.2. The molecule has 0 spiro atoms. The van der Waals surface area contributed by atoms with Crippen molar-refractivity contribution in [3.63, 3.8) is 0 Å². The SMILES string of the molecule is Cn1cc(NC(=O)c2cc(NC(=O)c3cc(NC(=O)OC(C)(C)C)cn3C)cn2C)cc1C(=O)NCCN=CNN. The van der Waals surface area contributed by atoms with E-state index in [1.165, 1.54) is 18.5 Å². The van der Waals surface area contributed by atoms with Crippen LogP contribution in [0.15, 0.2) is 41.8 Å². The highest BCUT2D eigenvalue weighted by Crippen LogP contribution is 2.20. The lowest BCUT2D eigenvalue weighted by Gasteiger charge is -2.19. The van der Waals surface area contributed by atoms with Gasteiger partial charge in [0, 0.05) is 46.3 Å². The highest BCUT2D eigenvalue weighted by molar-refractivity contribution is 6.07. The van der Waals surface area contributed by atoms with Crippen molar-refractivity contribution in [1.29, 1.82) is 0 Å². The van der Waals surface area contributed by atoms with Crippen molar-refractivity contribution in [2.24, 2.45) is 32.0 Å². The van der Waals surface area contributed by atoms with Crippen LogP contribution >= 0.6 is 0 Å². The first-order chi connectivity index (χ1) is 19.3. The number of aliphatic imine (C=N–C) groups is 1. The van der Waals surface area contributed by atoms with Crippen molar-refractivity contribution in [3.05, 3.63) is 53.9 Å². The van der Waals surface area contributed by atoms with Gasteiger partial charge in [-0.3, -0.25) is 24.7 Å². The molecule has 3 heterocycles. The number of anilines is 3. The summed E-state index contributed by atoms with van der Waals surface area (Å²) in [6.07, 6.45) is 5.50. The first kappa shape index (κ1) is 30.5. The molecule has 0 aliphatic carbocycles. The molecular formula is C26H36N10O5. The molecule has 0 fully saturated rings. The lowest BCUT2D eigenvalue weighted by atomic mass is 10.2. The molecule has 3 aromatic heterocycles. The maximum absolute atomic E-state index is 13.0. The third-order valence-corrected chi connectivity index (χ3v) is 5.57. The van der Waals surface area contributed by atoms with E-state index in [0.29, 0.717) is 35.8 Å². The van der Waals surface area contributed by atoms with Crippen LogP contribution in [0.2, 0.25) is 0 Å². The minimum absolute atomic E-state index is 0.278. The van der Waals surface area contributed by atoms with Gasteiger partial charge in [-0.15, -0.1) is 0 Å². The summed E-state index contributed by atoms with van der Waals surface area (Å²) in [5.41, 5.74) is 3.75. The van der Waals surface area contributed by atoms with Gasteiger partial charge in [0.15, 0.2) is 0 Å². The Morgan fingerprint density at radius 2 is 1.24 bits per heavy atom. The predicted octanol–water partition coefficient (Wildman–Crippen LogP) is 1.78. The van der Waals surface area contributed by atoms with Gasteiger partial charge >= 0.3 is 6.09 Å². The van der Waals surface area contributed by atoms with Crippen LogP contribution in [0.25, 0.3) is 0 Å². The molecule has 7 N–H and O–H groups in total. The molecule has 15 heteroatoms. The van der Waals surface area contributed by atoms with E-state index in [1.54, 1.807) is 80.3 Å². The van der Waals surface area contributed by atoms with E-state index in [0.717, 1.165) is 0 Å². The second kappa shape index (κ2) is 12.9. The van der Waals surface area contributed by atoms with Crippen molar-refractivity contribution >= 4 is 47.2 Å². The Bertz CT molecular complexity index is 1460. The van der Waals surface area contributed by atoms with Crippen LogP contribution in [0.5, 0.6) is 0 Å². The molecule has 0 bridgehead atoms. The molecule has 0 unspecified atom stereocenters. The monoisotopic (exact) mass is 568 g/mol. The van der Waals surface area contributed by atoms with Crippen LogP contribution in [0.3, 0.4) is 0 Å². The van der Waals surface area contributed by atoms with Crippen molar-refractivity contribution in [2.45, 2.75) is 26.4 Å². The summed E-state index contributed by atoms with van der Waals surface area (Å²) in [5.74, 6) is 3.90. The zero-order valence-electron chi connectivity index (χ0n) is 23.9. The predicted molar refractivity (Wildman–Crippen MR) is 155 cm³/mol. The van der Waals surface area contributed by atoms with E-state index in [4.69, 9.17) is 10.6 Å². The number of aryl methyl sites for hydroxylation is 3. The van der Waals surface area contributed by atoms with Crippen molar-refractivity contribution < 1.29 is 23.9 Å². The van der Waals surface area contributed by atoms with Crippen LogP contribution in [-0.4, -0.2) is 62.5 Å². The lowest BCUT2D eigenvalue weighted by molar-refractivity contribution is 0.0635. The van der Waals surface area contributed by atoms with Gasteiger partial charge in [-0.1, -0.05) is 0 Å². The normalized spacial score (nSPS) is 11.3. The number of aromatic nitrogens is 3. The van der Waals surface area contributed by atoms with Crippen LogP contribution in [-0.2, 0) is 25.9 Å². The number of ether oxygens (including phenoxy) is 1. The zero-order chi connectivity index (χ0) is 30.3. The number of nitrogens with two attached hydrogens (primary N) is 1. The highest BCUT2D eigenvalue weighted by Gasteiger charge is 2.20. The van der Waals surface area contributed by atoms with Gasteiger partial charge in [0.2, 0.25) is 0 Å². The van der Waals surface area contributed by atoms with Gasteiger partial charge in [-0.05, 0) is 39.0 Å². The number of hydrogen-bond donors (Lipinski definition) is 6. The van der Waals surface area contributed by atoms with E-state index in [-0.39, 0.29) is 17.3 Å². The number of nitrogens with one attached hydrogen (secondary N) is 5. The van der Waals surface area contributed by atoms with Crippen LogP contribution < -0.4 is 32.5 Å². The lowest BCUT2D eigenvalue weighted by Crippen LogP contribution is -2.28. The number of hydrogen-bond acceptors (Lipinski definition) is 7. The van der Waals surface area contributed by atoms with Gasteiger partial charge in [0.05, 0.1) is 29.9 Å². The Morgan fingerprint density at radius 3 is 1.68 bits per heavy atom. The zero-order valence-corrected chi connectivity index (χ0v) is 23.9. The van der Waals surface area contributed by atoms with Crippen molar-refractivity contribution in [2.75, 3.05) is 29.0 Å². The standard InChI is InChI=1S/C26H36N10O5/c1-26(2,3)41-25(40)33-18-11-21(36(6)14-18)24(39)32-17-10-20(35(5)13-17)23(38)31-16-9-19(34(4)12-16)22(37)29-8-7-28-15-30-27/h9-15H,7-8,27H2,1-6H3,(H,28,30)(H,29,37)(H,31,38)(H,32,39)(H,33,40). The Hall–Kier alpha value is -5.05. The average molecular weight is 569 g/mol. The minimum Gasteiger partial charge on any atom is -0.444 e. The summed E-state index contributed by atoms with van der Waals surface area (Å²) in [6.45, 7) is 5.92. The molecule has 3 rings (SSSR count). The van der Waals surface area contributed by atoms with Gasteiger partial charge in [0.25, 0.3) is 17.7 Å². The summed E-state index contributed by atoms with van der Waals surface area (Å²) in [6, 6.07) is 4.61. The van der Waals surface area contributed by atoms with E-state index in [2.05, 4.69) is 31.7 Å². The molecule has 220 valence electrons. The maximum Gasteiger partial charge on any atom is 0.412 e. The Balaban J connectivity index is 1.62. The number of carbonyl (C=O) groups is 4. The highest BCUT2D eigenvalue weighted by atomic mass is 16.6. The quantitative estimate of drug-likeness (QED) is 0.0706. The van der Waals surface area contributed by atoms with E-state index in [9.17, 15) is 19.2 Å². The first-order valence-electron chi connectivity index (χ1n) is 12.6. The maximum atomic E-state index is 13.0. The number of amides is 4. The average Bonchev–Trinajstić information content (AvgIpc) is 3.53. The Kier molecular flexibility index (Phi) is 9.57.